The molecule has 6 heteroatoms. The summed E-state index contributed by atoms with van der Waals surface area (Å²) in [6.07, 6.45) is 3.66. The number of nitrogens with zero attached hydrogens (tertiary/aromatic N) is 1. The highest BCUT2D eigenvalue weighted by Crippen LogP contribution is 2.28. The van der Waals surface area contributed by atoms with E-state index in [1.807, 2.05) is 51.1 Å². The van der Waals surface area contributed by atoms with Crippen molar-refractivity contribution in [1.82, 2.24) is 10.2 Å². The molecule has 1 unspecified atom stereocenters. The van der Waals surface area contributed by atoms with E-state index >= 15 is 0 Å². The van der Waals surface area contributed by atoms with Gasteiger partial charge in [-0.3, -0.25) is 0 Å². The molecule has 1 fully saturated rings. The Morgan fingerprint density at radius 2 is 1.86 bits per heavy atom. The zero-order valence-corrected chi connectivity index (χ0v) is 18.3. The number of ether oxygens (including phenoxy) is 2. The summed E-state index contributed by atoms with van der Waals surface area (Å²) in [6.45, 7) is 10.3. The monoisotopic (exact) mass is 404 g/mol. The zero-order chi connectivity index (χ0) is 21.3. The van der Waals surface area contributed by atoms with Crippen LogP contribution in [0.25, 0.3) is 0 Å². The van der Waals surface area contributed by atoms with Crippen LogP contribution in [0.1, 0.15) is 58.9 Å². The van der Waals surface area contributed by atoms with E-state index in [0.717, 1.165) is 44.3 Å². The second-order valence-corrected chi connectivity index (χ2v) is 8.92. The Balaban J connectivity index is 1.63. The highest BCUT2D eigenvalue weighted by Gasteiger charge is 2.34. The van der Waals surface area contributed by atoms with Gasteiger partial charge in [0.1, 0.15) is 12.2 Å². The molecule has 0 aromatic heterocycles. The second-order valence-electron chi connectivity index (χ2n) is 8.92. The highest BCUT2D eigenvalue weighted by atomic mass is 16.6. The summed E-state index contributed by atoms with van der Waals surface area (Å²) in [4.78, 5) is 25.7. The van der Waals surface area contributed by atoms with Crippen molar-refractivity contribution in [2.45, 2.75) is 65.6 Å². The minimum absolute atomic E-state index is 0.219. The lowest BCUT2D eigenvalue weighted by Gasteiger charge is -2.41. The Bertz CT molecular complexity index is 636. The molecule has 1 N–H and O–H groups in total. The van der Waals surface area contributed by atoms with E-state index in [9.17, 15) is 9.59 Å². The fraction of sp³-hybridized carbons (Fsp3) is 0.652. The molecule has 1 atom stereocenters. The van der Waals surface area contributed by atoms with Crippen molar-refractivity contribution >= 4 is 12.2 Å². The Morgan fingerprint density at radius 3 is 2.48 bits per heavy atom. The summed E-state index contributed by atoms with van der Waals surface area (Å²) in [5, 5.41) is 2.86. The van der Waals surface area contributed by atoms with Gasteiger partial charge in [-0.05, 0) is 51.0 Å². The van der Waals surface area contributed by atoms with Crippen LogP contribution in [0, 0.1) is 11.8 Å². The van der Waals surface area contributed by atoms with Crippen LogP contribution in [-0.4, -0.2) is 42.3 Å². The smallest absolute Gasteiger partial charge is 0.410 e. The van der Waals surface area contributed by atoms with Gasteiger partial charge in [0, 0.05) is 19.6 Å². The molecule has 2 amide bonds. The predicted molar refractivity (Wildman–Crippen MR) is 114 cm³/mol. The highest BCUT2D eigenvalue weighted by molar-refractivity contribution is 5.69. The van der Waals surface area contributed by atoms with Crippen LogP contribution >= 0.6 is 0 Å². The number of alkyl carbamates (subject to hydrolysis) is 1. The zero-order valence-electron chi connectivity index (χ0n) is 18.3. The van der Waals surface area contributed by atoms with Crippen molar-refractivity contribution in [2.75, 3.05) is 19.6 Å². The van der Waals surface area contributed by atoms with Crippen molar-refractivity contribution in [3.63, 3.8) is 0 Å². The lowest BCUT2D eigenvalue weighted by Crippen LogP contribution is -2.52. The predicted octanol–water partition coefficient (Wildman–Crippen LogP) is 4.98. The van der Waals surface area contributed by atoms with Crippen LogP contribution in [0.15, 0.2) is 30.3 Å². The molecule has 6 nitrogen and oxygen atoms in total. The Morgan fingerprint density at radius 1 is 1.17 bits per heavy atom. The first-order chi connectivity index (χ1) is 13.8. The third-order valence-corrected chi connectivity index (χ3v) is 5.01. The quantitative estimate of drug-likeness (QED) is 0.630. The van der Waals surface area contributed by atoms with Crippen LogP contribution in [-0.2, 0) is 16.1 Å². The molecule has 0 saturated carbocycles. The number of benzene rings is 1. The van der Waals surface area contributed by atoms with Gasteiger partial charge >= 0.3 is 12.2 Å². The van der Waals surface area contributed by atoms with E-state index < -0.39 is 5.60 Å². The molecule has 2 rings (SSSR count). The summed E-state index contributed by atoms with van der Waals surface area (Å²) >= 11 is 0. The topological polar surface area (TPSA) is 67.9 Å². The molecule has 29 heavy (non-hydrogen) atoms. The maximum absolute atomic E-state index is 12.1. The molecule has 1 heterocycles. The molecule has 1 aromatic rings. The minimum Gasteiger partial charge on any atom is -0.445 e. The first kappa shape index (κ1) is 23.0. The van der Waals surface area contributed by atoms with Crippen molar-refractivity contribution in [2.24, 2.45) is 11.8 Å². The number of rotatable bonds is 9. The van der Waals surface area contributed by atoms with E-state index in [4.69, 9.17) is 9.47 Å². The first-order valence-electron chi connectivity index (χ1n) is 10.7. The van der Waals surface area contributed by atoms with Gasteiger partial charge in [-0.2, -0.15) is 0 Å². The molecule has 0 spiro atoms. The first-order valence-corrected chi connectivity index (χ1v) is 10.7. The van der Waals surface area contributed by atoms with Gasteiger partial charge in [0.2, 0.25) is 0 Å². The Hall–Kier alpha value is -2.24. The van der Waals surface area contributed by atoms with E-state index in [1.54, 1.807) is 4.90 Å². The number of amides is 2. The third kappa shape index (κ3) is 8.75. The molecule has 1 aromatic carbocycles. The Labute approximate surface area is 174 Å². The van der Waals surface area contributed by atoms with Crippen molar-refractivity contribution in [3.8, 4) is 0 Å². The summed E-state index contributed by atoms with van der Waals surface area (Å²) in [5.74, 6) is 1.06. The van der Waals surface area contributed by atoms with Gasteiger partial charge in [-0.1, -0.05) is 50.1 Å². The summed E-state index contributed by atoms with van der Waals surface area (Å²) in [6, 6.07) is 9.66. The van der Waals surface area contributed by atoms with E-state index in [2.05, 4.69) is 12.2 Å². The molecule has 0 aliphatic carbocycles. The van der Waals surface area contributed by atoms with Gasteiger partial charge in [0.15, 0.2) is 0 Å². The van der Waals surface area contributed by atoms with Gasteiger partial charge in [-0.25, -0.2) is 9.59 Å². The van der Waals surface area contributed by atoms with Crippen molar-refractivity contribution in [1.29, 1.82) is 0 Å². The molecule has 0 bridgehead atoms. The molecular weight excluding hydrogens is 368 g/mol. The van der Waals surface area contributed by atoms with Crippen LogP contribution in [0.3, 0.4) is 0 Å². The number of carbonyl (C=O) groups excluding carboxylic acids is 2. The summed E-state index contributed by atoms with van der Waals surface area (Å²) < 4.78 is 10.7. The minimum atomic E-state index is -0.451. The van der Waals surface area contributed by atoms with E-state index in [-0.39, 0.29) is 18.8 Å². The third-order valence-electron chi connectivity index (χ3n) is 5.01. The van der Waals surface area contributed by atoms with Crippen LogP contribution in [0.4, 0.5) is 9.59 Å². The normalized spacial score (nSPS) is 15.4. The standard InChI is InChI=1S/C23H36N2O4/c1-5-9-18(14-20-15-25(16-20)22(27)29-23(2,3)4)12-13-24-21(26)28-17-19-10-7-6-8-11-19/h6-8,10-11,18,20H,5,9,12-17H2,1-4H3,(H,24,26). The number of hydrogen-bond acceptors (Lipinski definition) is 4. The fourth-order valence-electron chi connectivity index (χ4n) is 3.61. The maximum atomic E-state index is 12.1. The van der Waals surface area contributed by atoms with Gasteiger partial charge in [-0.15, -0.1) is 0 Å². The lowest BCUT2D eigenvalue weighted by molar-refractivity contribution is -0.00488. The Kier molecular flexibility index (Phi) is 8.80. The van der Waals surface area contributed by atoms with Gasteiger partial charge in [0.25, 0.3) is 0 Å². The number of hydrogen-bond donors (Lipinski definition) is 1. The molecular formula is C23H36N2O4. The maximum Gasteiger partial charge on any atom is 0.410 e. The summed E-state index contributed by atoms with van der Waals surface area (Å²) in [7, 11) is 0. The van der Waals surface area contributed by atoms with Crippen LogP contribution < -0.4 is 5.32 Å². The molecule has 1 aliphatic heterocycles. The van der Waals surface area contributed by atoms with E-state index in [0.29, 0.717) is 18.4 Å². The van der Waals surface area contributed by atoms with Crippen LogP contribution in [0.5, 0.6) is 0 Å². The molecule has 1 aliphatic rings. The number of likely N-dealkylation sites (tertiary alicyclic amines) is 1. The van der Waals surface area contributed by atoms with Gasteiger partial charge in [0.05, 0.1) is 0 Å². The average Bonchev–Trinajstić information content (AvgIpc) is 2.61. The SMILES string of the molecule is CCCC(CCNC(=O)OCc1ccccc1)CC1CN(C(=O)OC(C)(C)C)C1. The van der Waals surface area contributed by atoms with Crippen LogP contribution in [0.2, 0.25) is 0 Å². The largest absolute Gasteiger partial charge is 0.445 e. The van der Waals surface area contributed by atoms with Gasteiger partial charge < -0.3 is 19.7 Å². The number of carbonyl (C=O) groups is 2. The average molecular weight is 405 g/mol. The second kappa shape index (κ2) is 11.1. The molecule has 0 radical (unpaired) electrons. The fourth-order valence-corrected chi connectivity index (χ4v) is 3.61. The van der Waals surface area contributed by atoms with E-state index in [1.165, 1.54) is 0 Å². The number of nitrogens with one attached hydrogen (secondary N) is 1. The molecule has 162 valence electrons. The van der Waals surface area contributed by atoms with Crippen molar-refractivity contribution < 1.29 is 19.1 Å². The lowest BCUT2D eigenvalue weighted by atomic mass is 9.85. The summed E-state index contributed by atoms with van der Waals surface area (Å²) in [5.41, 5.74) is 0.527. The van der Waals surface area contributed by atoms with Crippen molar-refractivity contribution in [3.05, 3.63) is 35.9 Å². The molecule has 1 saturated heterocycles.